The first-order valence-electron chi connectivity index (χ1n) is 8.89. The maximum atomic E-state index is 12.9. The Morgan fingerprint density at radius 1 is 1.22 bits per heavy atom. The highest BCUT2D eigenvalue weighted by atomic mass is 35.5. The Balaban J connectivity index is 1.85. The molecule has 10 heteroatoms. The summed E-state index contributed by atoms with van der Waals surface area (Å²) < 4.78 is 49.0. The molecule has 3 rings (SSSR count). The van der Waals surface area contributed by atoms with Gasteiger partial charge in [-0.25, -0.2) is 16.8 Å². The first kappa shape index (κ1) is 20.6. The fourth-order valence-electron chi connectivity index (χ4n) is 3.48. The van der Waals surface area contributed by atoms with E-state index in [0.29, 0.717) is 13.1 Å². The number of nitrogens with zero attached hydrogens (tertiary/aromatic N) is 2. The van der Waals surface area contributed by atoms with E-state index in [1.165, 1.54) is 18.2 Å². The molecule has 0 radical (unpaired) electrons. The molecule has 0 aliphatic carbocycles. The third-order valence-corrected chi connectivity index (χ3v) is 9.73. The van der Waals surface area contributed by atoms with Gasteiger partial charge in [0.2, 0.25) is 0 Å². The summed E-state index contributed by atoms with van der Waals surface area (Å²) in [6.07, 6.45) is 0.0789. The number of piperazine rings is 1. The van der Waals surface area contributed by atoms with Crippen molar-refractivity contribution in [2.45, 2.75) is 23.5 Å². The third-order valence-electron chi connectivity index (χ3n) is 5.23. The van der Waals surface area contributed by atoms with Crippen LogP contribution < -0.4 is 0 Å². The van der Waals surface area contributed by atoms with Crippen LogP contribution in [0.25, 0.3) is 0 Å². The van der Waals surface area contributed by atoms with E-state index >= 15 is 0 Å². The second kappa shape index (κ2) is 7.69. The number of hydrogen-bond donors (Lipinski definition) is 0. The Hall–Kier alpha value is -1.16. The molecular weight excluding hydrogens is 412 g/mol. The summed E-state index contributed by atoms with van der Waals surface area (Å²) in [6.45, 7) is 5.62. The zero-order valence-electron chi connectivity index (χ0n) is 15.1. The number of sulfone groups is 2. The molecule has 2 fully saturated rings. The number of carbonyl (C=O) groups is 1. The van der Waals surface area contributed by atoms with Crippen LogP contribution in [-0.2, 0) is 19.7 Å². The number of likely N-dealkylation sites (N-methyl/N-ethyl adjacent to an activating group) is 1. The van der Waals surface area contributed by atoms with E-state index in [-0.39, 0.29) is 39.3 Å². The van der Waals surface area contributed by atoms with E-state index in [1.54, 1.807) is 4.90 Å². The lowest BCUT2D eigenvalue weighted by Crippen LogP contribution is -2.48. The van der Waals surface area contributed by atoms with Crippen molar-refractivity contribution in [3.63, 3.8) is 0 Å². The Kier molecular flexibility index (Phi) is 5.86. The van der Waals surface area contributed by atoms with Crippen LogP contribution in [-0.4, -0.2) is 82.0 Å². The molecule has 7 nitrogen and oxygen atoms in total. The molecule has 27 heavy (non-hydrogen) atoms. The van der Waals surface area contributed by atoms with Gasteiger partial charge in [-0.15, -0.1) is 0 Å². The van der Waals surface area contributed by atoms with E-state index < -0.39 is 24.9 Å². The number of rotatable bonds is 4. The zero-order chi connectivity index (χ0) is 19.8. The van der Waals surface area contributed by atoms with Crippen LogP contribution in [0.3, 0.4) is 0 Å². The molecule has 1 aromatic carbocycles. The van der Waals surface area contributed by atoms with Crippen molar-refractivity contribution in [1.29, 1.82) is 0 Å². The third kappa shape index (κ3) is 4.31. The second-order valence-corrected chi connectivity index (χ2v) is 11.8. The fourth-order valence-corrected chi connectivity index (χ4v) is 8.06. The molecule has 1 unspecified atom stereocenters. The van der Waals surface area contributed by atoms with Gasteiger partial charge in [-0.2, -0.15) is 0 Å². The molecule has 0 saturated carbocycles. The minimum atomic E-state index is -3.84. The molecule has 2 saturated heterocycles. The Bertz CT molecular complexity index is 938. The van der Waals surface area contributed by atoms with Crippen molar-refractivity contribution in [3.8, 4) is 0 Å². The maximum absolute atomic E-state index is 12.9. The average molecular weight is 435 g/mol. The van der Waals surface area contributed by atoms with E-state index in [0.717, 1.165) is 19.6 Å². The largest absolute Gasteiger partial charge is 0.336 e. The normalized spacial score (nSPS) is 23.5. The Morgan fingerprint density at radius 3 is 2.44 bits per heavy atom. The van der Waals surface area contributed by atoms with Crippen molar-refractivity contribution >= 4 is 37.2 Å². The van der Waals surface area contributed by atoms with E-state index in [9.17, 15) is 21.6 Å². The highest BCUT2D eigenvalue weighted by molar-refractivity contribution is 7.96. The predicted octanol–water partition coefficient (Wildman–Crippen LogP) is 1.08. The van der Waals surface area contributed by atoms with Gasteiger partial charge in [-0.05, 0) is 31.2 Å². The number of hydrogen-bond acceptors (Lipinski definition) is 6. The smallest absolute Gasteiger partial charge is 0.255 e. The molecule has 0 aromatic heterocycles. The van der Waals surface area contributed by atoms with Gasteiger partial charge in [0.05, 0.1) is 32.2 Å². The lowest BCUT2D eigenvalue weighted by atomic mass is 10.2. The topological polar surface area (TPSA) is 91.8 Å². The van der Waals surface area contributed by atoms with Gasteiger partial charge in [0.1, 0.15) is 0 Å². The lowest BCUT2D eigenvalue weighted by molar-refractivity contribution is 0.0643. The van der Waals surface area contributed by atoms with Gasteiger partial charge in [0, 0.05) is 26.2 Å². The van der Waals surface area contributed by atoms with Crippen molar-refractivity contribution in [2.24, 2.45) is 0 Å². The summed E-state index contributed by atoms with van der Waals surface area (Å²) in [5, 5.41) is -0.782. The molecular formula is C17H23ClN2O5S2. The summed E-state index contributed by atoms with van der Waals surface area (Å²) >= 11 is 6.17. The van der Waals surface area contributed by atoms with Crippen LogP contribution in [0, 0.1) is 0 Å². The Morgan fingerprint density at radius 2 is 1.89 bits per heavy atom. The van der Waals surface area contributed by atoms with Crippen molar-refractivity contribution in [2.75, 3.05) is 44.2 Å². The van der Waals surface area contributed by atoms with E-state index in [4.69, 9.17) is 11.6 Å². The van der Waals surface area contributed by atoms with Gasteiger partial charge in [0.15, 0.2) is 19.7 Å². The summed E-state index contributed by atoms with van der Waals surface area (Å²) in [5.74, 6) is -0.801. The molecule has 2 aliphatic heterocycles. The summed E-state index contributed by atoms with van der Waals surface area (Å²) in [7, 11) is -7.17. The summed E-state index contributed by atoms with van der Waals surface area (Å²) in [5.41, 5.74) is 0.142. The van der Waals surface area contributed by atoms with Crippen molar-refractivity contribution < 1.29 is 21.6 Å². The SMILES string of the molecule is CCN1CCN(C(=O)c2cc(S(=O)(=O)C3CCS(=O)(=O)C3)ccc2Cl)CC1. The highest BCUT2D eigenvalue weighted by Gasteiger charge is 2.38. The average Bonchev–Trinajstić information content (AvgIpc) is 3.02. The molecule has 1 amide bonds. The van der Waals surface area contributed by atoms with E-state index in [2.05, 4.69) is 11.8 Å². The van der Waals surface area contributed by atoms with Crippen molar-refractivity contribution in [1.82, 2.24) is 9.80 Å². The van der Waals surface area contributed by atoms with Crippen molar-refractivity contribution in [3.05, 3.63) is 28.8 Å². The molecule has 1 aromatic rings. The molecule has 1 atom stereocenters. The fraction of sp³-hybridized carbons (Fsp3) is 0.588. The molecule has 0 spiro atoms. The van der Waals surface area contributed by atoms with Gasteiger partial charge < -0.3 is 9.80 Å². The number of amides is 1. The van der Waals surface area contributed by atoms with Crippen LogP contribution in [0.1, 0.15) is 23.7 Å². The lowest BCUT2D eigenvalue weighted by Gasteiger charge is -2.34. The first-order chi connectivity index (χ1) is 12.6. The molecule has 150 valence electrons. The number of halogens is 1. The molecule has 0 bridgehead atoms. The highest BCUT2D eigenvalue weighted by Crippen LogP contribution is 2.29. The maximum Gasteiger partial charge on any atom is 0.255 e. The van der Waals surface area contributed by atoms with Crippen LogP contribution in [0.5, 0.6) is 0 Å². The van der Waals surface area contributed by atoms with Crippen LogP contribution in [0.15, 0.2) is 23.1 Å². The predicted molar refractivity (Wildman–Crippen MR) is 104 cm³/mol. The van der Waals surface area contributed by atoms with Crippen LogP contribution in [0.2, 0.25) is 5.02 Å². The number of carbonyl (C=O) groups excluding carboxylic acids is 1. The van der Waals surface area contributed by atoms with Gasteiger partial charge in [-0.3, -0.25) is 4.79 Å². The van der Waals surface area contributed by atoms with Gasteiger partial charge >= 0.3 is 0 Å². The summed E-state index contributed by atoms with van der Waals surface area (Å²) in [6, 6.07) is 4.03. The van der Waals surface area contributed by atoms with Crippen LogP contribution in [0.4, 0.5) is 0 Å². The second-order valence-electron chi connectivity index (χ2n) is 6.94. The first-order valence-corrected chi connectivity index (χ1v) is 12.6. The van der Waals surface area contributed by atoms with E-state index in [1.807, 2.05) is 0 Å². The quantitative estimate of drug-likeness (QED) is 0.704. The minimum absolute atomic E-state index is 0.0513. The standard InChI is InChI=1S/C17H23ClN2O5S2/c1-2-19-6-8-20(9-7-19)17(21)15-11-13(3-4-16(15)18)27(24,25)14-5-10-26(22,23)12-14/h3-4,11,14H,2,5-10,12H2,1H3. The molecule has 2 aliphatic rings. The zero-order valence-corrected chi connectivity index (χ0v) is 17.5. The number of benzene rings is 1. The summed E-state index contributed by atoms with van der Waals surface area (Å²) in [4.78, 5) is 16.7. The molecule has 0 N–H and O–H groups in total. The molecule has 2 heterocycles. The minimum Gasteiger partial charge on any atom is -0.336 e. The van der Waals surface area contributed by atoms with Gasteiger partial charge in [-0.1, -0.05) is 18.5 Å². The monoisotopic (exact) mass is 434 g/mol. The Labute approximate surface area is 165 Å². The van der Waals surface area contributed by atoms with Crippen LogP contribution >= 0.6 is 11.6 Å². The van der Waals surface area contributed by atoms with Gasteiger partial charge in [0.25, 0.3) is 5.91 Å².